The first-order chi connectivity index (χ1) is 15.7. The zero-order chi connectivity index (χ0) is 24.4. The highest BCUT2D eigenvalue weighted by atomic mass is 16.6. The van der Waals surface area contributed by atoms with Crippen molar-refractivity contribution < 1.29 is 19.4 Å². The molecule has 1 aromatic carbocycles. The summed E-state index contributed by atoms with van der Waals surface area (Å²) >= 11 is 0. The van der Waals surface area contributed by atoms with Crippen molar-refractivity contribution in [1.82, 2.24) is 4.57 Å². The van der Waals surface area contributed by atoms with E-state index in [0.717, 1.165) is 38.5 Å². The van der Waals surface area contributed by atoms with Crippen LogP contribution in [0.4, 0.5) is 0 Å². The number of aromatic hydroxyl groups is 1. The molecule has 0 saturated carbocycles. The molecule has 1 heterocycles. The topological polar surface area (TPSA) is 77.8 Å². The highest BCUT2D eigenvalue weighted by molar-refractivity contribution is 5.90. The Morgan fingerprint density at radius 1 is 1.06 bits per heavy atom. The monoisotopic (exact) mass is 455 g/mol. The van der Waals surface area contributed by atoms with Crippen LogP contribution in [0.5, 0.6) is 17.2 Å². The SMILES string of the molecule is CCCCCCn1c(=O)c(OC(C)=O)c(OC/C=C(\C)CCC=C(C)C)c2ccc(O)cc21. The summed E-state index contributed by atoms with van der Waals surface area (Å²) in [4.78, 5) is 25.1. The fourth-order valence-electron chi connectivity index (χ4n) is 3.64. The first-order valence-electron chi connectivity index (χ1n) is 11.7. The smallest absolute Gasteiger partial charge is 0.308 e. The summed E-state index contributed by atoms with van der Waals surface area (Å²) in [5.41, 5.74) is 2.59. The summed E-state index contributed by atoms with van der Waals surface area (Å²) in [5, 5.41) is 10.7. The molecule has 33 heavy (non-hydrogen) atoms. The Bertz CT molecular complexity index is 1070. The molecule has 6 heteroatoms. The third-order valence-electron chi connectivity index (χ3n) is 5.39. The zero-order valence-corrected chi connectivity index (χ0v) is 20.6. The van der Waals surface area contributed by atoms with Crippen LogP contribution in [0.15, 0.2) is 46.3 Å². The van der Waals surface area contributed by atoms with Gasteiger partial charge in [0.25, 0.3) is 5.56 Å². The first kappa shape index (κ1) is 26.2. The molecule has 0 aliphatic rings. The van der Waals surface area contributed by atoms with E-state index in [1.807, 2.05) is 13.0 Å². The number of rotatable bonds is 12. The Morgan fingerprint density at radius 3 is 2.48 bits per heavy atom. The van der Waals surface area contributed by atoms with Gasteiger partial charge in [0.05, 0.1) is 5.52 Å². The summed E-state index contributed by atoms with van der Waals surface area (Å²) in [5.74, 6) is -0.401. The van der Waals surface area contributed by atoms with Crippen molar-refractivity contribution in [3.63, 3.8) is 0 Å². The molecule has 0 aliphatic heterocycles. The number of phenolic OH excluding ortho intramolecular Hbond substituents is 1. The second-order valence-corrected chi connectivity index (χ2v) is 8.65. The van der Waals surface area contributed by atoms with E-state index in [2.05, 4.69) is 26.8 Å². The maximum Gasteiger partial charge on any atom is 0.308 e. The fraction of sp³-hybridized carbons (Fsp3) is 0.481. The Kier molecular flexibility index (Phi) is 10.2. The lowest BCUT2D eigenvalue weighted by Gasteiger charge is -2.17. The van der Waals surface area contributed by atoms with Gasteiger partial charge in [-0.3, -0.25) is 9.59 Å². The Balaban J connectivity index is 2.44. The molecule has 1 N–H and O–H groups in total. The molecule has 0 unspecified atom stereocenters. The van der Waals surface area contributed by atoms with Crippen LogP contribution in [-0.4, -0.2) is 22.2 Å². The average Bonchev–Trinajstić information content (AvgIpc) is 2.74. The summed E-state index contributed by atoms with van der Waals surface area (Å²) < 4.78 is 12.9. The molecule has 0 amide bonds. The third-order valence-corrected chi connectivity index (χ3v) is 5.39. The van der Waals surface area contributed by atoms with Crippen LogP contribution in [-0.2, 0) is 11.3 Å². The van der Waals surface area contributed by atoms with E-state index in [1.54, 1.807) is 22.8 Å². The lowest BCUT2D eigenvalue weighted by molar-refractivity contribution is -0.132. The number of ether oxygens (including phenoxy) is 2. The Hall–Kier alpha value is -3.02. The molecule has 2 rings (SSSR count). The second-order valence-electron chi connectivity index (χ2n) is 8.65. The maximum atomic E-state index is 13.3. The Morgan fingerprint density at radius 2 is 1.82 bits per heavy atom. The number of hydrogen-bond donors (Lipinski definition) is 1. The lowest BCUT2D eigenvalue weighted by Crippen LogP contribution is -2.25. The normalized spacial score (nSPS) is 11.5. The molecule has 0 radical (unpaired) electrons. The Labute approximate surface area is 196 Å². The minimum atomic E-state index is -0.582. The summed E-state index contributed by atoms with van der Waals surface area (Å²) in [6, 6.07) is 4.79. The van der Waals surface area contributed by atoms with Gasteiger partial charge in [0.15, 0.2) is 5.75 Å². The third kappa shape index (κ3) is 7.81. The molecule has 0 saturated heterocycles. The minimum absolute atomic E-state index is 0.0606. The number of phenols is 1. The number of benzene rings is 1. The zero-order valence-electron chi connectivity index (χ0n) is 20.6. The average molecular weight is 456 g/mol. The van der Waals surface area contributed by atoms with Crippen LogP contribution in [0.3, 0.4) is 0 Å². The molecule has 0 atom stereocenters. The molecule has 180 valence electrons. The van der Waals surface area contributed by atoms with E-state index in [-0.39, 0.29) is 23.9 Å². The van der Waals surface area contributed by atoms with Gasteiger partial charge in [-0.1, -0.05) is 43.4 Å². The van der Waals surface area contributed by atoms with E-state index < -0.39 is 11.5 Å². The van der Waals surface area contributed by atoms with Gasteiger partial charge in [-0.05, 0) is 58.2 Å². The minimum Gasteiger partial charge on any atom is -0.508 e. The van der Waals surface area contributed by atoms with Crippen LogP contribution < -0.4 is 15.0 Å². The number of esters is 1. The number of hydrogen-bond acceptors (Lipinski definition) is 5. The molecule has 0 bridgehead atoms. The van der Waals surface area contributed by atoms with Crippen LogP contribution in [0.2, 0.25) is 0 Å². The molecular weight excluding hydrogens is 418 g/mol. The van der Waals surface area contributed by atoms with Crippen molar-refractivity contribution >= 4 is 16.9 Å². The number of carbonyl (C=O) groups is 1. The molecule has 2 aromatic rings. The van der Waals surface area contributed by atoms with Crippen LogP contribution in [0.1, 0.15) is 73.1 Å². The molecule has 0 aliphatic carbocycles. The number of carbonyl (C=O) groups excluding carboxylic acids is 1. The van der Waals surface area contributed by atoms with E-state index in [4.69, 9.17) is 9.47 Å². The van der Waals surface area contributed by atoms with Crippen LogP contribution >= 0.6 is 0 Å². The fourth-order valence-corrected chi connectivity index (χ4v) is 3.64. The highest BCUT2D eigenvalue weighted by Gasteiger charge is 2.21. The first-order valence-corrected chi connectivity index (χ1v) is 11.7. The summed E-state index contributed by atoms with van der Waals surface area (Å²) in [7, 11) is 0. The van der Waals surface area contributed by atoms with Gasteiger partial charge in [0, 0.05) is 24.9 Å². The molecular formula is C27H37NO5. The largest absolute Gasteiger partial charge is 0.508 e. The van der Waals surface area contributed by atoms with E-state index in [9.17, 15) is 14.7 Å². The highest BCUT2D eigenvalue weighted by Crippen LogP contribution is 2.35. The van der Waals surface area contributed by atoms with Crippen molar-refractivity contribution in [2.45, 2.75) is 79.7 Å². The number of unbranched alkanes of at least 4 members (excludes halogenated alkanes) is 3. The van der Waals surface area contributed by atoms with Gasteiger partial charge in [0.1, 0.15) is 12.4 Å². The molecule has 0 fully saturated rings. The second kappa shape index (κ2) is 12.9. The van der Waals surface area contributed by atoms with Gasteiger partial charge in [0.2, 0.25) is 5.75 Å². The van der Waals surface area contributed by atoms with Gasteiger partial charge in [-0.15, -0.1) is 0 Å². The lowest BCUT2D eigenvalue weighted by atomic mass is 10.1. The van der Waals surface area contributed by atoms with Crippen molar-refractivity contribution in [1.29, 1.82) is 0 Å². The van der Waals surface area contributed by atoms with Crippen LogP contribution in [0, 0.1) is 0 Å². The quantitative estimate of drug-likeness (QED) is 0.231. The van der Waals surface area contributed by atoms with E-state index in [1.165, 1.54) is 18.1 Å². The van der Waals surface area contributed by atoms with E-state index >= 15 is 0 Å². The maximum absolute atomic E-state index is 13.3. The number of allylic oxidation sites excluding steroid dienone is 3. The van der Waals surface area contributed by atoms with Gasteiger partial charge >= 0.3 is 5.97 Å². The van der Waals surface area contributed by atoms with E-state index in [0.29, 0.717) is 17.4 Å². The van der Waals surface area contributed by atoms with Crippen molar-refractivity contribution in [3.8, 4) is 17.2 Å². The number of pyridine rings is 1. The van der Waals surface area contributed by atoms with Crippen molar-refractivity contribution in [2.24, 2.45) is 0 Å². The number of aryl methyl sites for hydroxylation is 1. The van der Waals surface area contributed by atoms with Gasteiger partial charge < -0.3 is 19.1 Å². The molecule has 0 spiro atoms. The standard InChI is InChI=1S/C27H37NO5/c1-6-7-8-9-16-28-24-18-22(30)13-14-23(24)25(26(27(28)31)33-21(5)29)32-17-15-20(4)12-10-11-19(2)3/h11,13-15,18,30H,6-10,12,16-17H2,1-5H3/b20-15+. The summed E-state index contributed by atoms with van der Waals surface area (Å²) in [6.07, 6.45) is 10.0. The van der Waals surface area contributed by atoms with Crippen molar-refractivity contribution in [3.05, 3.63) is 51.9 Å². The molecule has 1 aromatic heterocycles. The predicted octanol–water partition coefficient (Wildman–Crippen LogP) is 6.28. The molecule has 6 nitrogen and oxygen atoms in total. The van der Waals surface area contributed by atoms with Gasteiger partial charge in [-0.25, -0.2) is 0 Å². The number of fused-ring (bicyclic) bond motifs is 1. The number of nitrogens with zero attached hydrogens (tertiary/aromatic N) is 1. The van der Waals surface area contributed by atoms with Crippen molar-refractivity contribution in [2.75, 3.05) is 6.61 Å². The van der Waals surface area contributed by atoms with Crippen LogP contribution in [0.25, 0.3) is 10.9 Å². The summed E-state index contributed by atoms with van der Waals surface area (Å²) in [6.45, 7) is 10.3. The predicted molar refractivity (Wildman–Crippen MR) is 133 cm³/mol. The van der Waals surface area contributed by atoms with Gasteiger partial charge in [-0.2, -0.15) is 0 Å². The number of aromatic nitrogens is 1.